The van der Waals surface area contributed by atoms with Crippen molar-refractivity contribution in [2.75, 3.05) is 0 Å². The van der Waals surface area contributed by atoms with Crippen molar-refractivity contribution in [3.63, 3.8) is 0 Å². The maximum atomic E-state index is 12.6. The predicted molar refractivity (Wildman–Crippen MR) is 87.5 cm³/mol. The first kappa shape index (κ1) is 18.2. The molecule has 1 amide bonds. The summed E-state index contributed by atoms with van der Waals surface area (Å²) >= 11 is 0. The summed E-state index contributed by atoms with van der Waals surface area (Å²) in [5.74, 6) is 0.168. The van der Waals surface area contributed by atoms with Crippen molar-refractivity contribution in [1.82, 2.24) is 4.90 Å². The molecule has 0 aliphatic rings. The van der Waals surface area contributed by atoms with Crippen LogP contribution in [0.4, 0.5) is 4.79 Å². The lowest BCUT2D eigenvalue weighted by Crippen LogP contribution is -2.45. The summed E-state index contributed by atoms with van der Waals surface area (Å²) in [6.07, 6.45) is 0.799. The van der Waals surface area contributed by atoms with Crippen LogP contribution in [0.2, 0.25) is 0 Å². The molecular formula is C18H27NO3. The zero-order valence-electron chi connectivity index (χ0n) is 14.2. The Labute approximate surface area is 133 Å². The van der Waals surface area contributed by atoms with Gasteiger partial charge in [-0.15, -0.1) is 0 Å². The molecule has 1 aromatic carbocycles. The summed E-state index contributed by atoms with van der Waals surface area (Å²) in [6.45, 7) is 9.99. The average molecular weight is 305 g/mol. The van der Waals surface area contributed by atoms with Crippen LogP contribution in [0.1, 0.15) is 46.6 Å². The third-order valence-corrected chi connectivity index (χ3v) is 3.33. The van der Waals surface area contributed by atoms with Gasteiger partial charge in [0.05, 0.1) is 0 Å². The highest BCUT2D eigenvalue weighted by Gasteiger charge is 2.30. The minimum absolute atomic E-state index is 0.168. The minimum atomic E-state index is -0.561. The number of rotatable bonds is 6. The summed E-state index contributed by atoms with van der Waals surface area (Å²) in [5, 5.41) is 0. The van der Waals surface area contributed by atoms with Gasteiger partial charge in [0, 0.05) is 19.0 Å². The number of benzene rings is 1. The fourth-order valence-electron chi connectivity index (χ4n) is 2.28. The first-order valence-corrected chi connectivity index (χ1v) is 7.71. The van der Waals surface area contributed by atoms with Crippen LogP contribution in [0.5, 0.6) is 0 Å². The van der Waals surface area contributed by atoms with E-state index >= 15 is 0 Å². The van der Waals surface area contributed by atoms with E-state index in [2.05, 4.69) is 0 Å². The summed E-state index contributed by atoms with van der Waals surface area (Å²) in [4.78, 5) is 25.2. The molecular weight excluding hydrogens is 278 g/mol. The fraction of sp³-hybridized carbons (Fsp3) is 0.556. The normalized spacial score (nSPS) is 12.8. The Bertz CT molecular complexity index is 477. The Hall–Kier alpha value is -1.84. The van der Waals surface area contributed by atoms with E-state index < -0.39 is 5.60 Å². The first-order valence-electron chi connectivity index (χ1n) is 7.71. The highest BCUT2D eigenvalue weighted by Crippen LogP contribution is 2.21. The Kier molecular flexibility index (Phi) is 6.60. The van der Waals surface area contributed by atoms with Crippen LogP contribution in [0.25, 0.3) is 0 Å². The van der Waals surface area contributed by atoms with E-state index in [1.165, 1.54) is 0 Å². The standard InChI is InChI=1S/C18H27NO3/c1-14(2)16(11-12-20)19(17(21)22-18(3,4)5)13-15-9-7-6-8-10-15/h6-10,12,14,16H,11,13H2,1-5H3. The van der Waals surface area contributed by atoms with Crippen molar-refractivity contribution in [3.8, 4) is 0 Å². The summed E-state index contributed by atoms with van der Waals surface area (Å²) in [5.41, 5.74) is 0.458. The molecule has 0 saturated heterocycles. The first-order chi connectivity index (χ1) is 10.2. The second-order valence-electron chi connectivity index (χ2n) is 6.81. The van der Waals surface area contributed by atoms with Gasteiger partial charge in [0.25, 0.3) is 0 Å². The molecule has 1 atom stereocenters. The molecule has 22 heavy (non-hydrogen) atoms. The van der Waals surface area contributed by atoms with E-state index in [0.717, 1.165) is 11.8 Å². The van der Waals surface area contributed by atoms with E-state index in [0.29, 0.717) is 13.0 Å². The largest absolute Gasteiger partial charge is 0.444 e. The zero-order valence-corrected chi connectivity index (χ0v) is 14.2. The lowest BCUT2D eigenvalue weighted by molar-refractivity contribution is -0.109. The van der Waals surface area contributed by atoms with Crippen LogP contribution < -0.4 is 0 Å². The van der Waals surface area contributed by atoms with E-state index in [-0.39, 0.29) is 18.1 Å². The molecule has 4 heteroatoms. The Balaban J connectivity index is 3.02. The quantitative estimate of drug-likeness (QED) is 0.745. The minimum Gasteiger partial charge on any atom is -0.444 e. The van der Waals surface area contributed by atoms with Crippen molar-refractivity contribution in [1.29, 1.82) is 0 Å². The van der Waals surface area contributed by atoms with Crippen LogP contribution in [0, 0.1) is 5.92 Å². The molecule has 1 rings (SSSR count). The van der Waals surface area contributed by atoms with Gasteiger partial charge in [0.2, 0.25) is 0 Å². The molecule has 1 aromatic rings. The second-order valence-corrected chi connectivity index (χ2v) is 6.81. The Morgan fingerprint density at radius 1 is 1.23 bits per heavy atom. The maximum Gasteiger partial charge on any atom is 0.410 e. The maximum absolute atomic E-state index is 12.6. The number of carbonyl (C=O) groups excluding carboxylic acids is 2. The van der Waals surface area contributed by atoms with Crippen molar-refractivity contribution in [2.45, 2.75) is 59.2 Å². The van der Waals surface area contributed by atoms with E-state index in [1.54, 1.807) is 4.90 Å². The van der Waals surface area contributed by atoms with Gasteiger partial charge in [0.1, 0.15) is 11.9 Å². The van der Waals surface area contributed by atoms with Gasteiger partial charge in [-0.25, -0.2) is 4.79 Å². The lowest BCUT2D eigenvalue weighted by atomic mass is 9.99. The molecule has 0 radical (unpaired) electrons. The van der Waals surface area contributed by atoms with Crippen molar-refractivity contribution >= 4 is 12.4 Å². The van der Waals surface area contributed by atoms with Crippen molar-refractivity contribution < 1.29 is 14.3 Å². The molecule has 122 valence electrons. The molecule has 0 bridgehead atoms. The highest BCUT2D eigenvalue weighted by molar-refractivity contribution is 5.69. The second kappa shape index (κ2) is 7.97. The molecule has 4 nitrogen and oxygen atoms in total. The predicted octanol–water partition coefficient (Wildman–Crippen LogP) is 4.04. The zero-order chi connectivity index (χ0) is 16.8. The molecule has 0 aliphatic heterocycles. The van der Waals surface area contributed by atoms with E-state index in [4.69, 9.17) is 4.74 Å². The average Bonchev–Trinajstić information content (AvgIpc) is 2.41. The van der Waals surface area contributed by atoms with E-state index in [1.807, 2.05) is 65.0 Å². The molecule has 0 aromatic heterocycles. The SMILES string of the molecule is CC(C)C(CC=O)N(Cc1ccccc1)C(=O)OC(C)(C)C. The monoisotopic (exact) mass is 305 g/mol. The van der Waals surface area contributed by atoms with Crippen LogP contribution in [-0.2, 0) is 16.1 Å². The lowest BCUT2D eigenvalue weighted by Gasteiger charge is -2.35. The number of nitrogens with zero attached hydrogens (tertiary/aromatic N) is 1. The van der Waals surface area contributed by atoms with Gasteiger partial charge in [0.15, 0.2) is 0 Å². The molecule has 1 unspecified atom stereocenters. The van der Waals surface area contributed by atoms with Gasteiger partial charge in [-0.05, 0) is 32.3 Å². The number of amides is 1. The van der Waals surface area contributed by atoms with Gasteiger partial charge >= 0.3 is 6.09 Å². The molecule has 0 spiro atoms. The number of carbonyl (C=O) groups is 2. The van der Waals surface area contributed by atoms with Gasteiger partial charge in [-0.1, -0.05) is 44.2 Å². The summed E-state index contributed by atoms with van der Waals surface area (Å²) in [7, 11) is 0. The number of ether oxygens (including phenoxy) is 1. The van der Waals surface area contributed by atoms with Crippen LogP contribution in [0.15, 0.2) is 30.3 Å². The number of hydrogen-bond acceptors (Lipinski definition) is 3. The van der Waals surface area contributed by atoms with Gasteiger partial charge < -0.3 is 14.4 Å². The Morgan fingerprint density at radius 2 is 1.82 bits per heavy atom. The molecule has 0 aliphatic carbocycles. The third-order valence-electron chi connectivity index (χ3n) is 3.33. The van der Waals surface area contributed by atoms with Crippen LogP contribution in [0.3, 0.4) is 0 Å². The summed E-state index contributed by atoms with van der Waals surface area (Å²) < 4.78 is 5.52. The van der Waals surface area contributed by atoms with Crippen molar-refractivity contribution in [2.24, 2.45) is 5.92 Å². The van der Waals surface area contributed by atoms with Crippen LogP contribution >= 0.6 is 0 Å². The number of hydrogen-bond donors (Lipinski definition) is 0. The van der Waals surface area contributed by atoms with E-state index in [9.17, 15) is 9.59 Å². The smallest absolute Gasteiger partial charge is 0.410 e. The Morgan fingerprint density at radius 3 is 2.27 bits per heavy atom. The summed E-state index contributed by atoms with van der Waals surface area (Å²) in [6, 6.07) is 9.57. The molecule has 0 fully saturated rings. The van der Waals surface area contributed by atoms with Crippen molar-refractivity contribution in [3.05, 3.63) is 35.9 Å². The highest BCUT2D eigenvalue weighted by atomic mass is 16.6. The molecule has 0 heterocycles. The molecule has 0 saturated carbocycles. The van der Waals surface area contributed by atoms with Gasteiger partial charge in [-0.3, -0.25) is 0 Å². The van der Waals surface area contributed by atoms with Crippen LogP contribution in [-0.4, -0.2) is 28.9 Å². The topological polar surface area (TPSA) is 46.6 Å². The third kappa shape index (κ3) is 5.88. The molecule has 0 N–H and O–H groups in total. The van der Waals surface area contributed by atoms with Gasteiger partial charge in [-0.2, -0.15) is 0 Å². The number of aldehydes is 1. The fourth-order valence-corrected chi connectivity index (χ4v) is 2.28.